The minimum Gasteiger partial charge on any atom is -0.303 e. The minimum atomic E-state index is 1.12. The van der Waals surface area contributed by atoms with Crippen LogP contribution < -0.4 is 5.32 Å². The third-order valence-electron chi connectivity index (χ3n) is 5.27. The highest BCUT2D eigenvalue weighted by Gasteiger charge is 2.08. The first-order chi connectivity index (χ1) is 11.4. The summed E-state index contributed by atoms with van der Waals surface area (Å²) in [5.41, 5.74) is 0. The monoisotopic (exact) mass is 324 g/mol. The van der Waals surface area contributed by atoms with E-state index in [-0.39, 0.29) is 0 Å². The molecule has 0 aromatic carbocycles. The fraction of sp³-hybridized carbons (Fsp3) is 1.00. The van der Waals surface area contributed by atoms with Crippen LogP contribution in [-0.2, 0) is 0 Å². The van der Waals surface area contributed by atoms with Crippen molar-refractivity contribution in [3.8, 4) is 0 Å². The average molecular weight is 325 g/mol. The number of hydrogen-bond donors (Lipinski definition) is 1. The van der Waals surface area contributed by atoms with Crippen LogP contribution in [0.1, 0.15) is 110 Å². The third kappa shape index (κ3) is 14.0. The smallest absolute Gasteiger partial charge is 0.0481 e. The van der Waals surface area contributed by atoms with Crippen LogP contribution in [0.15, 0.2) is 0 Å². The Morgan fingerprint density at radius 1 is 0.609 bits per heavy atom. The highest BCUT2D eigenvalue weighted by atomic mass is 15.3. The van der Waals surface area contributed by atoms with Crippen LogP contribution in [-0.4, -0.2) is 31.2 Å². The van der Waals surface area contributed by atoms with Crippen molar-refractivity contribution in [3.05, 3.63) is 0 Å². The van der Waals surface area contributed by atoms with Gasteiger partial charge in [-0.2, -0.15) is 0 Å². The van der Waals surface area contributed by atoms with Gasteiger partial charge >= 0.3 is 0 Å². The van der Waals surface area contributed by atoms with Crippen LogP contribution in [0, 0.1) is 0 Å². The number of nitrogens with zero attached hydrogens (tertiary/aromatic N) is 1. The number of unbranched alkanes of at least 4 members (excludes halogenated alkanes) is 15. The van der Waals surface area contributed by atoms with Crippen molar-refractivity contribution in [3.63, 3.8) is 0 Å². The summed E-state index contributed by atoms with van der Waals surface area (Å²) in [5.74, 6) is 0. The highest BCUT2D eigenvalue weighted by Crippen LogP contribution is 2.13. The molecular formula is C21H44N2. The van der Waals surface area contributed by atoms with E-state index in [1.54, 1.807) is 0 Å². The SMILES string of the molecule is CCCCCCCCCCCCCCCCCCN1CCNC1. The van der Waals surface area contributed by atoms with E-state index in [0.717, 1.165) is 6.67 Å². The Morgan fingerprint density at radius 3 is 1.43 bits per heavy atom. The molecule has 1 aliphatic rings. The molecule has 0 aliphatic carbocycles. The number of rotatable bonds is 17. The second-order valence-electron chi connectivity index (χ2n) is 7.58. The maximum absolute atomic E-state index is 3.40. The second kappa shape index (κ2) is 16.8. The van der Waals surface area contributed by atoms with E-state index in [0.29, 0.717) is 0 Å². The Morgan fingerprint density at radius 2 is 1.04 bits per heavy atom. The maximum Gasteiger partial charge on any atom is 0.0481 e. The molecule has 0 atom stereocenters. The molecule has 1 saturated heterocycles. The lowest BCUT2D eigenvalue weighted by Crippen LogP contribution is -2.22. The first-order valence-electron chi connectivity index (χ1n) is 10.9. The van der Waals surface area contributed by atoms with E-state index in [1.807, 2.05) is 0 Å². The van der Waals surface area contributed by atoms with Gasteiger partial charge in [0.2, 0.25) is 0 Å². The van der Waals surface area contributed by atoms with E-state index < -0.39 is 0 Å². The van der Waals surface area contributed by atoms with Crippen molar-refractivity contribution in [2.75, 3.05) is 26.3 Å². The summed E-state index contributed by atoms with van der Waals surface area (Å²) in [7, 11) is 0. The van der Waals surface area contributed by atoms with Crippen molar-refractivity contribution in [2.45, 2.75) is 110 Å². The molecule has 0 spiro atoms. The van der Waals surface area contributed by atoms with Crippen molar-refractivity contribution < 1.29 is 0 Å². The van der Waals surface area contributed by atoms with Crippen LogP contribution in [0.25, 0.3) is 0 Å². The van der Waals surface area contributed by atoms with Gasteiger partial charge in [-0.15, -0.1) is 0 Å². The van der Waals surface area contributed by atoms with Crippen LogP contribution in [0.2, 0.25) is 0 Å². The molecule has 2 nitrogen and oxygen atoms in total. The zero-order chi connectivity index (χ0) is 16.4. The zero-order valence-corrected chi connectivity index (χ0v) is 16.1. The van der Waals surface area contributed by atoms with Gasteiger partial charge in [0, 0.05) is 19.8 Å². The van der Waals surface area contributed by atoms with Crippen molar-refractivity contribution >= 4 is 0 Å². The molecule has 1 fully saturated rings. The predicted molar refractivity (Wildman–Crippen MR) is 104 cm³/mol. The van der Waals surface area contributed by atoms with Gasteiger partial charge in [0.15, 0.2) is 0 Å². The summed E-state index contributed by atoms with van der Waals surface area (Å²) in [5, 5.41) is 3.40. The van der Waals surface area contributed by atoms with E-state index in [2.05, 4.69) is 17.1 Å². The van der Waals surface area contributed by atoms with Crippen LogP contribution in [0.3, 0.4) is 0 Å². The van der Waals surface area contributed by atoms with E-state index in [9.17, 15) is 0 Å². The third-order valence-corrected chi connectivity index (χ3v) is 5.27. The van der Waals surface area contributed by atoms with E-state index in [4.69, 9.17) is 0 Å². The summed E-state index contributed by atoms with van der Waals surface area (Å²) >= 11 is 0. The molecule has 0 aromatic rings. The van der Waals surface area contributed by atoms with Crippen molar-refractivity contribution in [1.82, 2.24) is 10.2 Å². The van der Waals surface area contributed by atoms with Gasteiger partial charge in [0.25, 0.3) is 0 Å². The Kier molecular flexibility index (Phi) is 15.3. The Labute approximate surface area is 146 Å². The first-order valence-corrected chi connectivity index (χ1v) is 10.9. The van der Waals surface area contributed by atoms with Gasteiger partial charge in [-0.3, -0.25) is 4.90 Å². The van der Waals surface area contributed by atoms with Gasteiger partial charge in [-0.1, -0.05) is 103 Å². The van der Waals surface area contributed by atoms with Crippen LogP contribution in [0.5, 0.6) is 0 Å². The summed E-state index contributed by atoms with van der Waals surface area (Å²) in [6.45, 7) is 7.19. The molecule has 1 heterocycles. The molecule has 0 amide bonds. The number of hydrogen-bond acceptors (Lipinski definition) is 2. The Balaban J connectivity index is 1.64. The molecule has 1 N–H and O–H groups in total. The largest absolute Gasteiger partial charge is 0.303 e. The lowest BCUT2D eigenvalue weighted by molar-refractivity contribution is 0.324. The topological polar surface area (TPSA) is 15.3 Å². The Hall–Kier alpha value is -0.0800. The standard InChI is InChI=1S/C21H44N2/c1-2-3-4-5-6-7-8-9-10-11-12-13-14-15-16-17-19-23-20-18-22-21-23/h22H,2-21H2,1H3. The average Bonchev–Trinajstić information content (AvgIpc) is 3.08. The first kappa shape index (κ1) is 21.0. The molecule has 0 radical (unpaired) electrons. The summed E-state index contributed by atoms with van der Waals surface area (Å²) in [6.07, 6.45) is 23.4. The lowest BCUT2D eigenvalue weighted by atomic mass is 10.0. The van der Waals surface area contributed by atoms with Crippen molar-refractivity contribution in [1.29, 1.82) is 0 Å². The normalized spacial score (nSPS) is 15.5. The fourth-order valence-electron chi connectivity index (χ4n) is 3.63. The summed E-state index contributed by atoms with van der Waals surface area (Å²) in [6, 6.07) is 0. The van der Waals surface area contributed by atoms with Gasteiger partial charge in [-0.25, -0.2) is 0 Å². The lowest BCUT2D eigenvalue weighted by Gasteiger charge is -2.12. The molecule has 1 aliphatic heterocycles. The van der Waals surface area contributed by atoms with Gasteiger partial charge < -0.3 is 5.32 Å². The zero-order valence-electron chi connectivity index (χ0n) is 16.1. The molecule has 0 aromatic heterocycles. The molecule has 0 saturated carbocycles. The summed E-state index contributed by atoms with van der Waals surface area (Å²) < 4.78 is 0. The molecule has 1 rings (SSSR count). The highest BCUT2D eigenvalue weighted by molar-refractivity contribution is 4.65. The van der Waals surface area contributed by atoms with E-state index in [1.165, 1.54) is 122 Å². The van der Waals surface area contributed by atoms with Crippen molar-refractivity contribution in [2.24, 2.45) is 0 Å². The van der Waals surface area contributed by atoms with Gasteiger partial charge in [-0.05, 0) is 13.0 Å². The van der Waals surface area contributed by atoms with Crippen LogP contribution >= 0.6 is 0 Å². The fourth-order valence-corrected chi connectivity index (χ4v) is 3.63. The summed E-state index contributed by atoms with van der Waals surface area (Å²) in [4.78, 5) is 2.55. The van der Waals surface area contributed by atoms with Gasteiger partial charge in [0.05, 0.1) is 0 Å². The quantitative estimate of drug-likeness (QED) is 0.325. The van der Waals surface area contributed by atoms with E-state index >= 15 is 0 Å². The molecule has 0 unspecified atom stereocenters. The maximum atomic E-state index is 3.40. The molecule has 138 valence electrons. The molecule has 0 bridgehead atoms. The molecule has 23 heavy (non-hydrogen) atoms. The number of nitrogens with one attached hydrogen (secondary N) is 1. The molecular weight excluding hydrogens is 280 g/mol. The van der Waals surface area contributed by atoms with Crippen LogP contribution in [0.4, 0.5) is 0 Å². The minimum absolute atomic E-state index is 1.12. The van der Waals surface area contributed by atoms with Gasteiger partial charge in [0.1, 0.15) is 0 Å². The second-order valence-corrected chi connectivity index (χ2v) is 7.58. The Bertz CT molecular complexity index is 224. The predicted octanol–water partition coefficient (Wildman–Crippen LogP) is 6.11. The molecule has 2 heteroatoms.